The molecule has 0 aliphatic heterocycles. The second-order valence-electron chi connectivity index (χ2n) is 11.4. The van der Waals surface area contributed by atoms with Crippen LogP contribution in [-0.4, -0.2) is 50.9 Å². The predicted molar refractivity (Wildman–Crippen MR) is 158 cm³/mol. The number of carbonyl (C=O) groups excluding carboxylic acids is 3. The van der Waals surface area contributed by atoms with Crippen LogP contribution in [-0.2, 0) is 35.2 Å². The summed E-state index contributed by atoms with van der Waals surface area (Å²) < 4.78 is 106. The summed E-state index contributed by atoms with van der Waals surface area (Å²) in [4.78, 5) is 37.6. The molecule has 47 heavy (non-hydrogen) atoms. The number of hydrogen-bond acceptors (Lipinski definition) is 6. The van der Waals surface area contributed by atoms with Gasteiger partial charge >= 0.3 is 18.1 Å². The number of halogens is 8. The number of hydrogen-bond donors (Lipinski definition) is 0. The quantitative estimate of drug-likeness (QED) is 0.154. The monoisotopic (exact) mass is 697 g/mol. The topological polar surface area (TPSA) is 82.1 Å². The molecule has 1 aliphatic rings. The molecule has 2 aromatic rings. The lowest BCUT2D eigenvalue weighted by atomic mass is 10.1. The lowest BCUT2D eigenvalue weighted by molar-refractivity contribution is -0.147. The van der Waals surface area contributed by atoms with Crippen molar-refractivity contribution >= 4 is 35.1 Å². The van der Waals surface area contributed by atoms with Gasteiger partial charge in [0.15, 0.2) is 23.3 Å². The summed E-state index contributed by atoms with van der Waals surface area (Å²) in [7, 11) is 2.76. The number of anilines is 1. The van der Waals surface area contributed by atoms with Crippen LogP contribution >= 0.6 is 11.6 Å². The van der Waals surface area contributed by atoms with Crippen LogP contribution in [0.15, 0.2) is 29.3 Å². The highest BCUT2D eigenvalue weighted by Gasteiger charge is 2.62. The Morgan fingerprint density at radius 3 is 1.94 bits per heavy atom. The maximum Gasteiger partial charge on any atom is 0.426 e. The number of esters is 2. The van der Waals surface area contributed by atoms with Crippen LogP contribution in [0.5, 0.6) is 0 Å². The zero-order valence-corrected chi connectivity index (χ0v) is 27.6. The molecule has 7 nitrogen and oxygen atoms in total. The molecule has 1 amide bonds. The van der Waals surface area contributed by atoms with Gasteiger partial charge < -0.3 is 14.2 Å². The number of alkyl halides is 3. The molecule has 1 fully saturated rings. The fourth-order valence-electron chi connectivity index (χ4n) is 5.03. The van der Waals surface area contributed by atoms with Crippen molar-refractivity contribution in [1.82, 2.24) is 0 Å². The Labute approximate surface area is 272 Å². The van der Waals surface area contributed by atoms with E-state index in [0.717, 1.165) is 23.7 Å². The number of aryl methyl sites for hydroxylation is 2. The largest absolute Gasteiger partial charge is 0.467 e. The average Bonchev–Trinajstić information content (AvgIpc) is 3.54. The smallest absolute Gasteiger partial charge is 0.426 e. The minimum absolute atomic E-state index is 0.0882. The highest BCUT2D eigenvalue weighted by molar-refractivity contribution is 6.30. The fraction of sp³-hybridized carbons (Fsp3) is 0.469. The first kappa shape index (κ1) is 39.5. The van der Waals surface area contributed by atoms with Crippen LogP contribution in [0.1, 0.15) is 43.0 Å². The van der Waals surface area contributed by atoms with Crippen molar-refractivity contribution < 1.29 is 59.3 Å². The summed E-state index contributed by atoms with van der Waals surface area (Å²) in [5.41, 5.74) is -0.357. The summed E-state index contributed by atoms with van der Waals surface area (Å²) >= 11 is 5.15. The predicted octanol–water partition coefficient (Wildman–Crippen LogP) is 7.40. The van der Waals surface area contributed by atoms with Gasteiger partial charge in [-0.05, 0) is 50.2 Å². The third kappa shape index (κ3) is 8.83. The summed E-state index contributed by atoms with van der Waals surface area (Å²) in [6.45, 7) is 8.04. The Morgan fingerprint density at radius 2 is 1.49 bits per heavy atom. The number of rotatable bonds is 9. The van der Waals surface area contributed by atoms with Gasteiger partial charge in [-0.3, -0.25) is 14.5 Å². The van der Waals surface area contributed by atoms with E-state index in [1.165, 1.54) is 33.0 Å². The highest BCUT2D eigenvalue weighted by Crippen LogP contribution is 2.60. The molecule has 0 spiro atoms. The van der Waals surface area contributed by atoms with Gasteiger partial charge in [-0.1, -0.05) is 49.7 Å². The second-order valence-corrected chi connectivity index (χ2v) is 11.8. The Balaban J connectivity index is 0.000000343. The zero-order valence-electron chi connectivity index (χ0n) is 26.9. The van der Waals surface area contributed by atoms with E-state index in [4.69, 9.17) is 25.8 Å². The Hall–Kier alpha value is -3.65. The van der Waals surface area contributed by atoms with Gasteiger partial charge in [-0.15, -0.1) is 0 Å². The standard InChI is InChI=1S/C17H14ClF7O2.C15H21NO4/c1-6-11(19)13(21)7(14(22)12(6)20)5-27-15(26)10-8(16(10,2)3)4-9(18)17(23,24)25;1-10-7-6-8-11(2)14(10)16(13(17)9-19-4)12(3)15(18)20-5/h4,8,10H,5H2,1-3H3;6-8,12H,9H2,1-5H3/b9-4-;. The number of nitrogens with zero attached hydrogens (tertiary/aromatic N) is 1. The number of allylic oxidation sites excluding steroid dienone is 2. The third-order valence-electron chi connectivity index (χ3n) is 7.84. The molecular weight excluding hydrogens is 663 g/mol. The van der Waals surface area contributed by atoms with Gasteiger partial charge in [-0.25, -0.2) is 22.4 Å². The first-order chi connectivity index (χ1) is 21.6. The molecule has 15 heteroatoms. The van der Waals surface area contributed by atoms with E-state index in [2.05, 4.69) is 0 Å². The van der Waals surface area contributed by atoms with Crippen molar-refractivity contribution in [2.75, 3.05) is 25.7 Å². The molecule has 0 bridgehead atoms. The summed E-state index contributed by atoms with van der Waals surface area (Å²) in [5, 5.41) is -1.41. The molecule has 0 aromatic heterocycles. The van der Waals surface area contributed by atoms with Crippen LogP contribution < -0.4 is 4.90 Å². The Bertz CT molecular complexity index is 1490. The van der Waals surface area contributed by atoms with Crippen LogP contribution in [0.3, 0.4) is 0 Å². The number of para-hydroxylation sites is 1. The second kappa shape index (κ2) is 15.5. The van der Waals surface area contributed by atoms with Crippen LogP contribution in [0, 0.1) is 61.3 Å². The summed E-state index contributed by atoms with van der Waals surface area (Å²) in [6, 6.07) is 5.01. The molecule has 0 radical (unpaired) electrons. The van der Waals surface area contributed by atoms with Crippen LogP contribution in [0.2, 0.25) is 0 Å². The van der Waals surface area contributed by atoms with E-state index in [0.29, 0.717) is 6.08 Å². The van der Waals surface area contributed by atoms with Gasteiger partial charge in [0, 0.05) is 12.7 Å². The van der Waals surface area contributed by atoms with Gasteiger partial charge in [0.2, 0.25) is 0 Å². The molecule has 3 rings (SSSR count). The lowest BCUT2D eigenvalue weighted by Gasteiger charge is -2.30. The first-order valence-electron chi connectivity index (χ1n) is 14.0. The normalized spacial score (nSPS) is 17.7. The third-order valence-corrected chi connectivity index (χ3v) is 8.18. The van der Waals surface area contributed by atoms with Gasteiger partial charge in [0.1, 0.15) is 24.3 Å². The number of methoxy groups -OCH3 is 2. The van der Waals surface area contributed by atoms with E-state index in [1.807, 2.05) is 32.0 Å². The minimum Gasteiger partial charge on any atom is -0.467 e. The molecule has 1 saturated carbocycles. The van der Waals surface area contributed by atoms with E-state index in [1.54, 1.807) is 6.92 Å². The molecule has 2 aromatic carbocycles. The summed E-state index contributed by atoms with van der Waals surface area (Å²) in [5.74, 6) is -10.4. The molecule has 0 saturated heterocycles. The molecule has 0 heterocycles. The zero-order chi connectivity index (χ0) is 36.2. The highest BCUT2D eigenvalue weighted by atomic mass is 35.5. The van der Waals surface area contributed by atoms with Gasteiger partial charge in [0.25, 0.3) is 5.91 Å². The van der Waals surface area contributed by atoms with E-state index >= 15 is 0 Å². The SMILES string of the molecule is COCC(=O)N(c1c(C)cccc1C)C(C)C(=O)OC.Cc1c(F)c(F)c(COC(=O)C2C(/C=C(\Cl)C(F)(F)F)C2(C)C)c(F)c1F. The number of ether oxygens (including phenoxy) is 3. The number of carbonyl (C=O) groups is 3. The van der Waals surface area contributed by atoms with Crippen LogP contribution in [0.25, 0.3) is 0 Å². The number of benzene rings is 2. The first-order valence-corrected chi connectivity index (χ1v) is 14.4. The van der Waals surface area contributed by atoms with Crippen molar-refractivity contribution in [3.05, 3.63) is 74.8 Å². The minimum atomic E-state index is -4.78. The Kier molecular flexibility index (Phi) is 13.0. The molecule has 3 atom stereocenters. The molecule has 0 N–H and O–H groups in total. The lowest BCUT2D eigenvalue weighted by Crippen LogP contribution is -2.46. The van der Waals surface area contributed by atoms with Crippen LogP contribution in [0.4, 0.5) is 36.4 Å². The molecular formula is C32H35ClF7NO6. The Morgan fingerprint density at radius 1 is 0.979 bits per heavy atom. The van der Waals surface area contributed by atoms with E-state index in [9.17, 15) is 45.1 Å². The fourth-order valence-corrected chi connectivity index (χ4v) is 5.16. The summed E-state index contributed by atoms with van der Waals surface area (Å²) in [6.07, 6.45) is -4.11. The van der Waals surface area contributed by atoms with Gasteiger partial charge in [0.05, 0.1) is 24.3 Å². The number of amides is 1. The van der Waals surface area contributed by atoms with Crippen molar-refractivity contribution in [3.8, 4) is 0 Å². The van der Waals surface area contributed by atoms with Crippen molar-refractivity contribution in [3.63, 3.8) is 0 Å². The maximum absolute atomic E-state index is 13.8. The molecule has 3 unspecified atom stereocenters. The molecule has 1 aliphatic carbocycles. The average molecular weight is 698 g/mol. The van der Waals surface area contributed by atoms with E-state index in [-0.39, 0.29) is 12.5 Å². The van der Waals surface area contributed by atoms with Crippen molar-refractivity contribution in [1.29, 1.82) is 0 Å². The molecule has 260 valence electrons. The van der Waals surface area contributed by atoms with Crippen molar-refractivity contribution in [2.24, 2.45) is 17.3 Å². The van der Waals surface area contributed by atoms with Gasteiger partial charge in [-0.2, -0.15) is 13.2 Å². The van der Waals surface area contributed by atoms with E-state index < -0.39 is 87.4 Å². The maximum atomic E-state index is 13.8. The van der Waals surface area contributed by atoms with Crippen molar-refractivity contribution in [2.45, 2.75) is 60.4 Å².